The third-order valence-corrected chi connectivity index (χ3v) is 3.20. The van der Waals surface area contributed by atoms with E-state index in [0.717, 1.165) is 16.7 Å². The summed E-state index contributed by atoms with van der Waals surface area (Å²) in [6.45, 7) is 5.81. The number of Topliss-reactive ketones (excluding diaryl/α,β-unsaturated/α-hetero) is 1. The minimum atomic E-state index is 0.113. The van der Waals surface area contributed by atoms with Crippen LogP contribution < -0.4 is 0 Å². The van der Waals surface area contributed by atoms with Crippen LogP contribution in [0, 0.1) is 13.8 Å². The van der Waals surface area contributed by atoms with Crippen molar-refractivity contribution in [3.63, 3.8) is 0 Å². The van der Waals surface area contributed by atoms with Crippen LogP contribution in [0.25, 0.3) is 11.1 Å². The van der Waals surface area contributed by atoms with Gasteiger partial charge in [-0.2, -0.15) is 0 Å². The van der Waals surface area contributed by atoms with Crippen LogP contribution in [-0.2, 0) is 0 Å². The fourth-order valence-electron chi connectivity index (χ4n) is 2.07. The first-order chi connectivity index (χ1) is 8.11. The molecule has 0 aromatic heterocycles. The highest BCUT2D eigenvalue weighted by Gasteiger charge is 2.10. The molecule has 0 radical (unpaired) electrons. The lowest BCUT2D eigenvalue weighted by Crippen LogP contribution is -1.97. The van der Waals surface area contributed by atoms with Gasteiger partial charge in [0, 0.05) is 5.56 Å². The van der Waals surface area contributed by atoms with E-state index in [2.05, 4.69) is 26.0 Å². The Labute approximate surface area is 102 Å². The molecule has 1 heteroatoms. The van der Waals surface area contributed by atoms with E-state index in [1.165, 1.54) is 11.1 Å². The smallest absolute Gasteiger partial charge is 0.160 e. The third kappa shape index (κ3) is 2.14. The molecule has 2 rings (SSSR count). The Hall–Kier alpha value is -1.89. The van der Waals surface area contributed by atoms with Crippen LogP contribution >= 0.6 is 0 Å². The lowest BCUT2D eigenvalue weighted by atomic mass is 9.92. The van der Waals surface area contributed by atoms with E-state index in [-0.39, 0.29) is 5.78 Å². The molecule has 17 heavy (non-hydrogen) atoms. The molecule has 1 nitrogen and oxygen atoms in total. The molecule has 0 aliphatic carbocycles. The second kappa shape index (κ2) is 4.54. The molecular weight excluding hydrogens is 208 g/mol. The van der Waals surface area contributed by atoms with Gasteiger partial charge in [0.15, 0.2) is 5.78 Å². The zero-order valence-electron chi connectivity index (χ0n) is 10.4. The molecule has 0 heterocycles. The number of aryl methyl sites for hydroxylation is 1. The van der Waals surface area contributed by atoms with Crippen LogP contribution in [0.4, 0.5) is 0 Å². The van der Waals surface area contributed by atoms with Gasteiger partial charge in [-0.3, -0.25) is 4.79 Å². The lowest BCUT2D eigenvalue weighted by Gasteiger charge is -2.11. The summed E-state index contributed by atoms with van der Waals surface area (Å²) in [5.74, 6) is 0.113. The number of rotatable bonds is 2. The maximum atomic E-state index is 11.6. The summed E-state index contributed by atoms with van der Waals surface area (Å²) >= 11 is 0. The molecule has 0 aliphatic rings. The van der Waals surface area contributed by atoms with Crippen molar-refractivity contribution in [1.82, 2.24) is 0 Å². The van der Waals surface area contributed by atoms with E-state index < -0.39 is 0 Å². The summed E-state index contributed by atoms with van der Waals surface area (Å²) in [5.41, 5.74) is 5.46. The van der Waals surface area contributed by atoms with Crippen LogP contribution in [0.3, 0.4) is 0 Å². The number of carbonyl (C=O) groups excluding carboxylic acids is 1. The van der Waals surface area contributed by atoms with E-state index in [0.29, 0.717) is 0 Å². The number of hydrogen-bond acceptors (Lipinski definition) is 1. The van der Waals surface area contributed by atoms with Gasteiger partial charge in [-0.05, 0) is 43.0 Å². The van der Waals surface area contributed by atoms with Crippen molar-refractivity contribution < 1.29 is 4.79 Å². The molecule has 0 atom stereocenters. The summed E-state index contributed by atoms with van der Waals surface area (Å²) in [4.78, 5) is 11.6. The summed E-state index contributed by atoms with van der Waals surface area (Å²) in [7, 11) is 0. The maximum absolute atomic E-state index is 11.6. The topological polar surface area (TPSA) is 17.1 Å². The van der Waals surface area contributed by atoms with Gasteiger partial charge in [0.2, 0.25) is 0 Å². The molecule has 0 fully saturated rings. The summed E-state index contributed by atoms with van der Waals surface area (Å²) in [6.07, 6.45) is 0. The predicted molar refractivity (Wildman–Crippen MR) is 71.4 cm³/mol. The number of benzene rings is 2. The standard InChI is InChI=1S/C16H16O/c1-11-7-6-10-14(12(11)2)16-9-5-4-8-15(16)13(3)17/h4-10H,1-3H3. The molecule has 2 aromatic rings. The maximum Gasteiger partial charge on any atom is 0.160 e. The first-order valence-electron chi connectivity index (χ1n) is 5.78. The highest BCUT2D eigenvalue weighted by molar-refractivity contribution is 6.01. The zero-order valence-corrected chi connectivity index (χ0v) is 10.4. The van der Waals surface area contributed by atoms with E-state index in [4.69, 9.17) is 0 Å². The van der Waals surface area contributed by atoms with Gasteiger partial charge in [0.05, 0.1) is 0 Å². The largest absolute Gasteiger partial charge is 0.294 e. The fourth-order valence-corrected chi connectivity index (χ4v) is 2.07. The molecule has 0 unspecified atom stereocenters. The van der Waals surface area contributed by atoms with E-state index in [9.17, 15) is 4.79 Å². The highest BCUT2D eigenvalue weighted by atomic mass is 16.1. The number of carbonyl (C=O) groups is 1. The third-order valence-electron chi connectivity index (χ3n) is 3.20. The van der Waals surface area contributed by atoms with Gasteiger partial charge in [-0.25, -0.2) is 0 Å². The van der Waals surface area contributed by atoms with Crippen molar-refractivity contribution in [2.45, 2.75) is 20.8 Å². The van der Waals surface area contributed by atoms with E-state index >= 15 is 0 Å². The van der Waals surface area contributed by atoms with Crippen LogP contribution in [0.15, 0.2) is 42.5 Å². The van der Waals surface area contributed by atoms with Gasteiger partial charge >= 0.3 is 0 Å². The van der Waals surface area contributed by atoms with Gasteiger partial charge in [-0.1, -0.05) is 42.5 Å². The zero-order chi connectivity index (χ0) is 12.4. The van der Waals surface area contributed by atoms with Crippen molar-refractivity contribution >= 4 is 5.78 Å². The molecule has 0 aliphatic heterocycles. The van der Waals surface area contributed by atoms with E-state index in [1.54, 1.807) is 6.92 Å². The van der Waals surface area contributed by atoms with Gasteiger partial charge < -0.3 is 0 Å². The molecule has 2 aromatic carbocycles. The van der Waals surface area contributed by atoms with E-state index in [1.807, 2.05) is 30.3 Å². The van der Waals surface area contributed by atoms with Crippen LogP contribution in [-0.4, -0.2) is 5.78 Å². The number of ketones is 1. The van der Waals surface area contributed by atoms with Crippen molar-refractivity contribution in [2.24, 2.45) is 0 Å². The van der Waals surface area contributed by atoms with Crippen LogP contribution in [0.1, 0.15) is 28.4 Å². The Kier molecular flexibility index (Phi) is 3.10. The predicted octanol–water partition coefficient (Wildman–Crippen LogP) is 4.17. The molecule has 86 valence electrons. The Morgan fingerprint density at radius 2 is 1.53 bits per heavy atom. The Morgan fingerprint density at radius 3 is 2.24 bits per heavy atom. The monoisotopic (exact) mass is 224 g/mol. The van der Waals surface area contributed by atoms with Crippen molar-refractivity contribution in [1.29, 1.82) is 0 Å². The second-order valence-electron chi connectivity index (χ2n) is 4.35. The molecular formula is C16H16O. The van der Waals surface area contributed by atoms with Crippen molar-refractivity contribution in [2.75, 3.05) is 0 Å². The molecule has 0 N–H and O–H groups in total. The Bertz CT molecular complexity index is 567. The normalized spacial score (nSPS) is 10.3. The fraction of sp³-hybridized carbons (Fsp3) is 0.188. The summed E-state index contributed by atoms with van der Waals surface area (Å²) in [5, 5.41) is 0. The number of hydrogen-bond donors (Lipinski definition) is 0. The summed E-state index contributed by atoms with van der Waals surface area (Å²) < 4.78 is 0. The van der Waals surface area contributed by atoms with Gasteiger partial charge in [0.1, 0.15) is 0 Å². The van der Waals surface area contributed by atoms with Crippen LogP contribution in [0.5, 0.6) is 0 Å². The second-order valence-corrected chi connectivity index (χ2v) is 4.35. The quantitative estimate of drug-likeness (QED) is 0.699. The Balaban J connectivity index is 2.69. The average Bonchev–Trinajstić information content (AvgIpc) is 2.33. The molecule has 0 spiro atoms. The minimum absolute atomic E-state index is 0.113. The first-order valence-corrected chi connectivity index (χ1v) is 5.78. The SMILES string of the molecule is CC(=O)c1ccccc1-c1cccc(C)c1C. The molecule has 0 saturated carbocycles. The molecule has 0 bridgehead atoms. The molecule has 0 amide bonds. The van der Waals surface area contributed by atoms with Gasteiger partial charge in [0.25, 0.3) is 0 Å². The van der Waals surface area contributed by atoms with Crippen molar-refractivity contribution in [3.8, 4) is 11.1 Å². The Morgan fingerprint density at radius 1 is 0.882 bits per heavy atom. The first kappa shape index (κ1) is 11.6. The summed E-state index contributed by atoms with van der Waals surface area (Å²) in [6, 6.07) is 14.0. The highest BCUT2D eigenvalue weighted by Crippen LogP contribution is 2.28. The van der Waals surface area contributed by atoms with Crippen molar-refractivity contribution in [3.05, 3.63) is 59.2 Å². The van der Waals surface area contributed by atoms with Crippen LogP contribution in [0.2, 0.25) is 0 Å². The lowest BCUT2D eigenvalue weighted by molar-refractivity contribution is 0.101. The average molecular weight is 224 g/mol. The van der Waals surface area contributed by atoms with Gasteiger partial charge in [-0.15, -0.1) is 0 Å². The minimum Gasteiger partial charge on any atom is -0.294 e. The molecule has 0 saturated heterocycles.